The van der Waals surface area contributed by atoms with E-state index >= 15 is 0 Å². The van der Waals surface area contributed by atoms with E-state index in [1.54, 1.807) is 11.0 Å². The number of carboxylic acid groups (broad SMARTS) is 1. The van der Waals surface area contributed by atoms with E-state index in [1.165, 1.54) is 17.0 Å². The van der Waals surface area contributed by atoms with Crippen molar-refractivity contribution < 1.29 is 24.2 Å². The summed E-state index contributed by atoms with van der Waals surface area (Å²) in [5.74, 6) is -1.46. The largest absolute Gasteiger partial charge is 0.478 e. The summed E-state index contributed by atoms with van der Waals surface area (Å²) in [6.45, 7) is 6.57. The Morgan fingerprint density at radius 1 is 1.25 bits per heavy atom. The van der Waals surface area contributed by atoms with Crippen LogP contribution in [0.5, 0.6) is 0 Å². The molecule has 0 bridgehead atoms. The van der Waals surface area contributed by atoms with Gasteiger partial charge in [0.15, 0.2) is 0 Å². The van der Waals surface area contributed by atoms with Gasteiger partial charge in [-0.25, -0.2) is 4.79 Å². The number of carboxylic acids is 1. The van der Waals surface area contributed by atoms with Gasteiger partial charge in [0.25, 0.3) is 0 Å². The molecule has 1 atom stereocenters. The Kier molecular flexibility index (Phi) is 6.31. The number of amides is 2. The molecule has 1 aromatic rings. The van der Waals surface area contributed by atoms with Gasteiger partial charge in [-0.15, -0.1) is 0 Å². The molecule has 2 heterocycles. The van der Waals surface area contributed by atoms with Crippen molar-refractivity contribution in [3.63, 3.8) is 0 Å². The molecular weight excluding hydrogens is 362 g/mol. The van der Waals surface area contributed by atoms with Gasteiger partial charge in [-0.1, -0.05) is 13.8 Å². The van der Waals surface area contributed by atoms with Crippen molar-refractivity contribution >= 4 is 29.2 Å². The van der Waals surface area contributed by atoms with Crippen LogP contribution in [0.15, 0.2) is 18.2 Å². The van der Waals surface area contributed by atoms with Crippen molar-refractivity contribution in [1.29, 1.82) is 0 Å². The summed E-state index contributed by atoms with van der Waals surface area (Å²) in [4.78, 5) is 42.2. The number of anilines is 2. The number of carbonyl (C=O) groups excluding carboxylic acids is 2. The number of aromatic carboxylic acids is 1. The smallest absolute Gasteiger partial charge is 0.335 e. The molecule has 0 aromatic heterocycles. The first-order valence-corrected chi connectivity index (χ1v) is 9.76. The first-order chi connectivity index (χ1) is 13.4. The molecule has 28 heavy (non-hydrogen) atoms. The molecule has 1 saturated heterocycles. The lowest BCUT2D eigenvalue weighted by atomic mass is 10.1. The van der Waals surface area contributed by atoms with Gasteiger partial charge in [-0.05, 0) is 44.1 Å². The molecule has 8 nitrogen and oxygen atoms in total. The molecule has 0 saturated carbocycles. The zero-order chi connectivity index (χ0) is 20.3. The van der Waals surface area contributed by atoms with Gasteiger partial charge in [0.05, 0.1) is 36.1 Å². The minimum absolute atomic E-state index is 0.0334. The predicted molar refractivity (Wildman–Crippen MR) is 105 cm³/mol. The molecular formula is C20H27N3O5. The number of hydrogen-bond acceptors (Lipinski definition) is 5. The SMILES string of the molecule is CCN(CC)CC(=O)N1CC(=O)N(CC2CCCO2)c2ccc(C(=O)O)cc21. The molecule has 1 aromatic carbocycles. The van der Waals surface area contributed by atoms with E-state index in [4.69, 9.17) is 4.74 Å². The Balaban J connectivity index is 1.94. The monoisotopic (exact) mass is 389 g/mol. The molecule has 2 amide bonds. The van der Waals surface area contributed by atoms with Crippen molar-refractivity contribution in [2.24, 2.45) is 0 Å². The van der Waals surface area contributed by atoms with Crippen LogP contribution in [0.3, 0.4) is 0 Å². The molecule has 0 spiro atoms. The minimum Gasteiger partial charge on any atom is -0.478 e. The van der Waals surface area contributed by atoms with Gasteiger partial charge in [0, 0.05) is 6.61 Å². The lowest BCUT2D eigenvalue weighted by Crippen LogP contribution is -2.52. The lowest BCUT2D eigenvalue weighted by Gasteiger charge is -2.38. The standard InChI is InChI=1S/C20H27N3O5/c1-3-21(4-2)12-18(24)23-13-19(25)22(11-15-6-5-9-28-15)16-8-7-14(20(26)27)10-17(16)23/h7-8,10,15H,3-6,9,11-13H2,1-2H3,(H,26,27). The summed E-state index contributed by atoms with van der Waals surface area (Å²) < 4.78 is 5.66. The maximum Gasteiger partial charge on any atom is 0.335 e. The Labute approximate surface area is 164 Å². The maximum atomic E-state index is 12.9. The average Bonchev–Trinajstić information content (AvgIpc) is 3.20. The third-order valence-electron chi connectivity index (χ3n) is 5.36. The fourth-order valence-electron chi connectivity index (χ4n) is 3.68. The van der Waals surface area contributed by atoms with Crippen molar-refractivity contribution in [3.8, 4) is 0 Å². The third kappa shape index (κ3) is 4.18. The molecule has 1 N–H and O–H groups in total. The quantitative estimate of drug-likeness (QED) is 0.762. The normalized spacial score (nSPS) is 19.2. The Bertz CT molecular complexity index is 756. The van der Waals surface area contributed by atoms with E-state index in [9.17, 15) is 19.5 Å². The highest BCUT2D eigenvalue weighted by atomic mass is 16.5. The predicted octanol–water partition coefficient (Wildman–Crippen LogP) is 1.59. The summed E-state index contributed by atoms with van der Waals surface area (Å²) >= 11 is 0. The zero-order valence-electron chi connectivity index (χ0n) is 16.4. The molecule has 1 fully saturated rings. The summed E-state index contributed by atoms with van der Waals surface area (Å²) in [5.41, 5.74) is 1.12. The van der Waals surface area contributed by atoms with Crippen molar-refractivity contribution in [2.75, 3.05) is 49.1 Å². The van der Waals surface area contributed by atoms with Gasteiger partial charge in [-0.2, -0.15) is 0 Å². The summed E-state index contributed by atoms with van der Waals surface area (Å²) in [5, 5.41) is 9.37. The second-order valence-corrected chi connectivity index (χ2v) is 7.09. The fourth-order valence-corrected chi connectivity index (χ4v) is 3.68. The summed E-state index contributed by atoms with van der Waals surface area (Å²) in [7, 11) is 0. The molecule has 3 rings (SSSR count). The number of rotatable bonds is 7. The van der Waals surface area contributed by atoms with Crippen LogP contribution >= 0.6 is 0 Å². The number of carbonyl (C=O) groups is 3. The van der Waals surface area contributed by atoms with Crippen LogP contribution < -0.4 is 9.80 Å². The Morgan fingerprint density at radius 3 is 2.61 bits per heavy atom. The number of fused-ring (bicyclic) bond motifs is 1. The topological polar surface area (TPSA) is 90.4 Å². The molecule has 152 valence electrons. The van der Waals surface area contributed by atoms with Crippen LogP contribution in [0, 0.1) is 0 Å². The summed E-state index contributed by atoms with van der Waals surface area (Å²) in [6, 6.07) is 4.56. The fraction of sp³-hybridized carbons (Fsp3) is 0.550. The van der Waals surface area contributed by atoms with Gasteiger partial charge in [-0.3, -0.25) is 19.4 Å². The van der Waals surface area contributed by atoms with E-state index in [0.717, 1.165) is 25.9 Å². The second kappa shape index (κ2) is 8.70. The highest BCUT2D eigenvalue weighted by molar-refractivity contribution is 6.12. The van der Waals surface area contributed by atoms with Crippen LogP contribution in [0.1, 0.15) is 37.0 Å². The second-order valence-electron chi connectivity index (χ2n) is 7.09. The van der Waals surface area contributed by atoms with Gasteiger partial charge in [0.1, 0.15) is 6.54 Å². The first-order valence-electron chi connectivity index (χ1n) is 9.76. The number of likely N-dealkylation sites (N-methyl/N-ethyl adjacent to an activating group) is 1. The van der Waals surface area contributed by atoms with E-state index in [1.807, 2.05) is 18.7 Å². The molecule has 0 aliphatic carbocycles. The van der Waals surface area contributed by atoms with Crippen LogP contribution in [0.2, 0.25) is 0 Å². The molecule has 8 heteroatoms. The van der Waals surface area contributed by atoms with Gasteiger partial charge < -0.3 is 14.7 Å². The summed E-state index contributed by atoms with van der Waals surface area (Å²) in [6.07, 6.45) is 1.82. The van der Waals surface area contributed by atoms with Gasteiger partial charge in [0.2, 0.25) is 11.8 Å². The van der Waals surface area contributed by atoms with Crippen LogP contribution in [-0.2, 0) is 14.3 Å². The van der Waals surface area contributed by atoms with E-state index < -0.39 is 5.97 Å². The molecule has 2 aliphatic rings. The van der Waals surface area contributed by atoms with Crippen LogP contribution in [-0.4, -0.2) is 73.2 Å². The molecule has 0 radical (unpaired) electrons. The van der Waals surface area contributed by atoms with E-state index in [0.29, 0.717) is 24.5 Å². The lowest BCUT2D eigenvalue weighted by molar-refractivity contribution is -0.123. The van der Waals surface area contributed by atoms with E-state index in [2.05, 4.69) is 0 Å². The Morgan fingerprint density at radius 2 is 2.00 bits per heavy atom. The average molecular weight is 389 g/mol. The van der Waals surface area contributed by atoms with Crippen LogP contribution in [0.4, 0.5) is 11.4 Å². The highest BCUT2D eigenvalue weighted by Gasteiger charge is 2.35. The van der Waals surface area contributed by atoms with Crippen molar-refractivity contribution in [2.45, 2.75) is 32.8 Å². The van der Waals surface area contributed by atoms with Crippen molar-refractivity contribution in [3.05, 3.63) is 23.8 Å². The van der Waals surface area contributed by atoms with Crippen LogP contribution in [0.25, 0.3) is 0 Å². The molecule has 2 aliphatic heterocycles. The number of ether oxygens (including phenoxy) is 1. The van der Waals surface area contributed by atoms with Gasteiger partial charge >= 0.3 is 5.97 Å². The zero-order valence-corrected chi connectivity index (χ0v) is 16.4. The van der Waals surface area contributed by atoms with E-state index in [-0.39, 0.29) is 36.6 Å². The Hall–Kier alpha value is -2.45. The number of nitrogens with zero attached hydrogens (tertiary/aromatic N) is 3. The third-order valence-corrected chi connectivity index (χ3v) is 5.36. The number of hydrogen-bond donors (Lipinski definition) is 1. The number of benzene rings is 1. The van der Waals surface area contributed by atoms with Crippen molar-refractivity contribution in [1.82, 2.24) is 4.90 Å². The minimum atomic E-state index is -1.07. The highest BCUT2D eigenvalue weighted by Crippen LogP contribution is 2.35. The molecule has 1 unspecified atom stereocenters. The first kappa shape index (κ1) is 20.3. The maximum absolute atomic E-state index is 12.9.